The van der Waals surface area contributed by atoms with Gasteiger partial charge in [-0.1, -0.05) is 45.9 Å². The van der Waals surface area contributed by atoms with Crippen LogP contribution in [0.5, 0.6) is 0 Å². The van der Waals surface area contributed by atoms with Crippen molar-refractivity contribution in [2.75, 3.05) is 0 Å². The van der Waals surface area contributed by atoms with E-state index >= 15 is 0 Å². The quantitative estimate of drug-likeness (QED) is 0.310. The van der Waals surface area contributed by atoms with Crippen molar-refractivity contribution in [2.45, 2.75) is 105 Å². The van der Waals surface area contributed by atoms with Crippen LogP contribution in [-0.2, 0) is 19.1 Å². The molecule has 0 aliphatic heterocycles. The Morgan fingerprint density at radius 3 is 2.42 bits per heavy atom. The van der Waals surface area contributed by atoms with Crippen molar-refractivity contribution in [3.63, 3.8) is 0 Å². The highest BCUT2D eigenvalue weighted by molar-refractivity contribution is 5.83. The molecule has 3 N–H and O–H groups in total. The number of ether oxygens (including phenoxy) is 1. The summed E-state index contributed by atoms with van der Waals surface area (Å²) in [7, 11) is 0. The summed E-state index contributed by atoms with van der Waals surface area (Å²) >= 11 is 0. The van der Waals surface area contributed by atoms with Crippen LogP contribution in [0, 0.1) is 35.0 Å². The minimum atomic E-state index is -1.04. The average molecular weight is 507 g/mol. The van der Waals surface area contributed by atoms with Crippen LogP contribution in [0.15, 0.2) is 23.8 Å². The van der Waals surface area contributed by atoms with E-state index in [1.807, 2.05) is 20.8 Å². The number of carbonyl (C=O) groups excluding carboxylic acids is 2. The largest absolute Gasteiger partial charge is 0.481 e. The summed E-state index contributed by atoms with van der Waals surface area (Å²) < 4.78 is 6.13. The first-order valence-electron chi connectivity index (χ1n) is 13.5. The third-order valence-corrected chi connectivity index (χ3v) is 8.09. The Kier molecular flexibility index (Phi) is 10.9. The van der Waals surface area contributed by atoms with Crippen molar-refractivity contribution in [2.24, 2.45) is 35.0 Å². The van der Waals surface area contributed by atoms with Crippen molar-refractivity contribution < 1.29 is 34.4 Å². The Bertz CT molecular complexity index is 843. The van der Waals surface area contributed by atoms with Crippen LogP contribution in [0.1, 0.15) is 86.5 Å². The lowest BCUT2D eigenvalue weighted by molar-refractivity contribution is -0.164. The number of carboxylic acid groups (broad SMARTS) is 1. The fraction of sp³-hybridized carbons (Fsp3) is 0.759. The monoisotopic (exact) mass is 506 g/mol. The number of aliphatic hydroxyl groups excluding tert-OH is 2. The number of aliphatic carboxylic acids is 1. The standard InChI is InChI=1S/C29H46O7/c1-7-29(5,6)28(35)36-25-13-17(2)12-20-9-8-18(3)24(26(20)25)11-10-21(30)15-23(32)16-22(31)14-19(4)27(33)34/h8-9,12,17-19,21,23-26,30,32H,7,10-11,13-16H2,1-6H3,(H,33,34)/t17-,18-,19-,21+,23+,24-,25-,26-/m0/s1. The first kappa shape index (κ1) is 30.2. The Morgan fingerprint density at radius 2 is 1.81 bits per heavy atom. The summed E-state index contributed by atoms with van der Waals surface area (Å²) in [6.45, 7) is 11.6. The molecule has 2 aliphatic rings. The van der Waals surface area contributed by atoms with E-state index in [-0.39, 0.29) is 54.9 Å². The van der Waals surface area contributed by atoms with E-state index in [4.69, 9.17) is 9.84 Å². The lowest BCUT2D eigenvalue weighted by atomic mass is 9.65. The molecule has 0 aromatic heterocycles. The van der Waals surface area contributed by atoms with Crippen LogP contribution in [0.25, 0.3) is 0 Å². The highest BCUT2D eigenvalue weighted by Crippen LogP contribution is 2.45. The van der Waals surface area contributed by atoms with Crippen molar-refractivity contribution in [3.05, 3.63) is 23.8 Å². The van der Waals surface area contributed by atoms with E-state index in [9.17, 15) is 24.6 Å². The van der Waals surface area contributed by atoms with Crippen LogP contribution < -0.4 is 0 Å². The van der Waals surface area contributed by atoms with Gasteiger partial charge in [-0.15, -0.1) is 0 Å². The number of fused-ring (bicyclic) bond motifs is 1. The molecule has 7 heteroatoms. The number of hydrogen-bond acceptors (Lipinski definition) is 6. The van der Waals surface area contributed by atoms with E-state index in [1.165, 1.54) is 12.5 Å². The van der Waals surface area contributed by atoms with Crippen molar-refractivity contribution in [1.82, 2.24) is 0 Å². The number of Topliss-reactive ketones (excluding diaryl/α,β-unsaturated/α-hetero) is 1. The van der Waals surface area contributed by atoms with Gasteiger partial charge in [0.15, 0.2) is 0 Å². The van der Waals surface area contributed by atoms with Crippen LogP contribution in [0.3, 0.4) is 0 Å². The molecule has 0 bridgehead atoms. The summed E-state index contributed by atoms with van der Waals surface area (Å²) in [5.74, 6) is -1.52. The van der Waals surface area contributed by atoms with Gasteiger partial charge in [0, 0.05) is 18.8 Å². The first-order chi connectivity index (χ1) is 16.7. The van der Waals surface area contributed by atoms with Gasteiger partial charge in [0.25, 0.3) is 0 Å². The molecule has 0 aromatic carbocycles. The summed E-state index contributed by atoms with van der Waals surface area (Å²) in [6.07, 6.45) is 7.01. The number of rotatable bonds is 13. The number of carboxylic acids is 1. The molecule has 0 saturated carbocycles. The van der Waals surface area contributed by atoms with E-state index < -0.39 is 29.5 Å². The van der Waals surface area contributed by atoms with Gasteiger partial charge in [-0.25, -0.2) is 0 Å². The lowest BCUT2D eigenvalue weighted by Gasteiger charge is -2.44. The summed E-state index contributed by atoms with van der Waals surface area (Å²) in [5.41, 5.74) is 0.652. The van der Waals surface area contributed by atoms with E-state index in [1.54, 1.807) is 0 Å². The van der Waals surface area contributed by atoms with Gasteiger partial charge in [0.2, 0.25) is 0 Å². The minimum absolute atomic E-state index is 0.0639. The zero-order valence-corrected chi connectivity index (χ0v) is 22.8. The second-order valence-corrected chi connectivity index (χ2v) is 11.8. The van der Waals surface area contributed by atoms with Gasteiger partial charge in [-0.2, -0.15) is 0 Å². The number of ketones is 1. The van der Waals surface area contributed by atoms with Gasteiger partial charge in [0.05, 0.1) is 23.5 Å². The van der Waals surface area contributed by atoms with Gasteiger partial charge < -0.3 is 20.1 Å². The van der Waals surface area contributed by atoms with Crippen LogP contribution >= 0.6 is 0 Å². The molecule has 0 saturated heterocycles. The maximum absolute atomic E-state index is 12.9. The number of esters is 1. The average Bonchev–Trinajstić information content (AvgIpc) is 2.77. The molecule has 0 radical (unpaired) electrons. The molecule has 0 unspecified atom stereocenters. The number of hydrogen-bond donors (Lipinski definition) is 3. The summed E-state index contributed by atoms with van der Waals surface area (Å²) in [5, 5.41) is 29.9. The molecule has 2 aliphatic carbocycles. The molecule has 2 rings (SSSR count). The molecular formula is C29H46O7. The Labute approximate surface area is 216 Å². The predicted octanol–water partition coefficient (Wildman–Crippen LogP) is 4.70. The molecule has 204 valence electrons. The van der Waals surface area contributed by atoms with E-state index in [2.05, 4.69) is 32.1 Å². The van der Waals surface area contributed by atoms with Gasteiger partial charge in [0.1, 0.15) is 11.9 Å². The fourth-order valence-corrected chi connectivity index (χ4v) is 5.34. The van der Waals surface area contributed by atoms with Crippen molar-refractivity contribution in [3.8, 4) is 0 Å². The zero-order chi connectivity index (χ0) is 27.2. The predicted molar refractivity (Wildman–Crippen MR) is 138 cm³/mol. The highest BCUT2D eigenvalue weighted by atomic mass is 16.5. The number of allylic oxidation sites excluding steroid dienone is 3. The minimum Gasteiger partial charge on any atom is -0.481 e. The van der Waals surface area contributed by atoms with Gasteiger partial charge in [-0.3, -0.25) is 14.4 Å². The third-order valence-electron chi connectivity index (χ3n) is 8.09. The normalized spacial score (nSPS) is 28.4. The third kappa shape index (κ3) is 8.27. The van der Waals surface area contributed by atoms with E-state index in [0.717, 1.165) is 6.42 Å². The Balaban J connectivity index is 2.02. The number of aliphatic hydroxyl groups is 2. The van der Waals surface area contributed by atoms with E-state index in [0.29, 0.717) is 25.2 Å². The molecule has 0 heterocycles. The smallest absolute Gasteiger partial charge is 0.311 e. The lowest BCUT2D eigenvalue weighted by Crippen LogP contribution is -2.43. The molecule has 0 amide bonds. The van der Waals surface area contributed by atoms with Gasteiger partial charge in [-0.05, 0) is 69.3 Å². The van der Waals surface area contributed by atoms with Crippen LogP contribution in [-0.4, -0.2) is 51.4 Å². The molecule has 0 spiro atoms. The number of carbonyl (C=O) groups is 3. The molecule has 7 nitrogen and oxygen atoms in total. The Hall–Kier alpha value is -1.99. The molecular weight excluding hydrogens is 460 g/mol. The fourth-order valence-electron chi connectivity index (χ4n) is 5.34. The second-order valence-electron chi connectivity index (χ2n) is 11.8. The maximum atomic E-state index is 12.9. The maximum Gasteiger partial charge on any atom is 0.311 e. The topological polar surface area (TPSA) is 121 Å². The molecule has 0 aromatic rings. The van der Waals surface area contributed by atoms with Crippen molar-refractivity contribution >= 4 is 17.7 Å². The van der Waals surface area contributed by atoms with Crippen LogP contribution in [0.4, 0.5) is 0 Å². The van der Waals surface area contributed by atoms with Crippen LogP contribution in [0.2, 0.25) is 0 Å². The molecule has 8 atom stereocenters. The molecule has 36 heavy (non-hydrogen) atoms. The first-order valence-corrected chi connectivity index (χ1v) is 13.5. The van der Waals surface area contributed by atoms with Crippen molar-refractivity contribution in [1.29, 1.82) is 0 Å². The van der Waals surface area contributed by atoms with Gasteiger partial charge >= 0.3 is 11.9 Å². The molecule has 0 fully saturated rings. The summed E-state index contributed by atoms with van der Waals surface area (Å²) in [6, 6.07) is 0. The SMILES string of the molecule is CCC(C)(C)C(=O)O[C@H]1C[C@@H](C)C=C2C=C[C@H](C)[C@H](CC[C@@H](O)C[C@@H](O)CC(=O)C[C@H](C)C(=O)O)[C@H]21. The zero-order valence-electron chi connectivity index (χ0n) is 22.8. The highest BCUT2D eigenvalue weighted by Gasteiger charge is 2.42. The second kappa shape index (κ2) is 13.0. The summed E-state index contributed by atoms with van der Waals surface area (Å²) in [4.78, 5) is 35.9. The Morgan fingerprint density at radius 1 is 1.14 bits per heavy atom.